The van der Waals surface area contributed by atoms with Crippen LogP contribution in [0.5, 0.6) is 0 Å². The van der Waals surface area contributed by atoms with Gasteiger partial charge < -0.3 is 9.64 Å². The van der Waals surface area contributed by atoms with E-state index in [2.05, 4.69) is 0 Å². The highest BCUT2D eigenvalue weighted by Gasteiger charge is 2.14. The predicted molar refractivity (Wildman–Crippen MR) is 111 cm³/mol. The van der Waals surface area contributed by atoms with Crippen LogP contribution in [-0.4, -0.2) is 36.4 Å². The third-order valence-electron chi connectivity index (χ3n) is 3.74. The third-order valence-corrected chi connectivity index (χ3v) is 4.08. The molecule has 0 aliphatic heterocycles. The maximum Gasteiger partial charge on any atom is 0.209 e. The van der Waals surface area contributed by atoms with Gasteiger partial charge in [-0.1, -0.05) is 60.7 Å². The van der Waals surface area contributed by atoms with Crippen LogP contribution in [0.1, 0.15) is 22.8 Å². The number of Topliss-reactive ketones (excluding diaryl/α,β-unsaturated/α-hetero) is 1. The van der Waals surface area contributed by atoms with E-state index >= 15 is 0 Å². The van der Waals surface area contributed by atoms with Crippen molar-refractivity contribution in [1.82, 2.24) is 4.90 Å². The summed E-state index contributed by atoms with van der Waals surface area (Å²) in [5, 5.41) is 0.417. The molecule has 2 rings (SSSR count). The Morgan fingerprint density at radius 1 is 0.962 bits per heavy atom. The van der Waals surface area contributed by atoms with Crippen LogP contribution in [0.25, 0.3) is 5.57 Å². The molecule has 0 radical (unpaired) electrons. The minimum Gasteiger partial charge on any atom is -0.483 e. The van der Waals surface area contributed by atoms with Crippen LogP contribution in [0, 0.1) is 0 Å². The first-order valence-electron chi connectivity index (χ1n) is 8.46. The first-order chi connectivity index (χ1) is 12.5. The first-order valence-corrected chi connectivity index (χ1v) is 8.87. The Balaban J connectivity index is 2.45. The van der Waals surface area contributed by atoms with E-state index in [-0.39, 0.29) is 5.78 Å². The van der Waals surface area contributed by atoms with Crippen LogP contribution in [0.3, 0.4) is 0 Å². The van der Waals surface area contributed by atoms with Crippen molar-refractivity contribution in [2.45, 2.75) is 6.92 Å². The molecular weight excluding hydrogens is 342 g/mol. The van der Waals surface area contributed by atoms with E-state index in [0.717, 1.165) is 11.1 Å². The summed E-state index contributed by atoms with van der Waals surface area (Å²) < 4.78 is 5.53. The first kappa shape index (κ1) is 19.6. The number of ketones is 1. The largest absolute Gasteiger partial charge is 0.483 e. The molecule has 0 atom stereocenters. The monoisotopic (exact) mass is 365 g/mol. The number of carbonyl (C=O) groups is 1. The van der Waals surface area contributed by atoms with Gasteiger partial charge in [0.25, 0.3) is 0 Å². The number of thiocarbonyl (C=S) groups is 1. The molecule has 0 saturated heterocycles. The average molecular weight is 365 g/mol. The number of benzene rings is 2. The third kappa shape index (κ3) is 5.14. The molecule has 0 aliphatic rings. The van der Waals surface area contributed by atoms with Gasteiger partial charge in [-0.3, -0.25) is 4.79 Å². The molecule has 0 saturated carbocycles. The van der Waals surface area contributed by atoms with Crippen molar-refractivity contribution in [1.29, 1.82) is 0 Å². The number of rotatable bonds is 7. The van der Waals surface area contributed by atoms with Gasteiger partial charge in [-0.05, 0) is 36.9 Å². The number of hydrogen-bond donors (Lipinski definition) is 0. The van der Waals surface area contributed by atoms with Crippen LogP contribution >= 0.6 is 12.2 Å². The summed E-state index contributed by atoms with van der Waals surface area (Å²) >= 11 is 5.42. The molecule has 134 valence electrons. The standard InChI is InChI=1S/C22H23NO2S/c1-4-25-22(26)19(17-11-7-5-8-12-17)15-16-20(23(2)3)21(24)18-13-9-6-10-14-18/h5-16H,4H2,1-3H3. The summed E-state index contributed by atoms with van der Waals surface area (Å²) in [7, 11) is 3.70. The van der Waals surface area contributed by atoms with E-state index in [1.54, 1.807) is 11.0 Å². The molecule has 3 nitrogen and oxygen atoms in total. The summed E-state index contributed by atoms with van der Waals surface area (Å²) in [4.78, 5) is 14.6. The molecule has 0 heterocycles. The van der Waals surface area contributed by atoms with Gasteiger partial charge in [0.2, 0.25) is 5.78 Å². The topological polar surface area (TPSA) is 29.5 Å². The van der Waals surface area contributed by atoms with E-state index in [0.29, 0.717) is 22.9 Å². The maximum absolute atomic E-state index is 12.8. The number of allylic oxidation sites excluding steroid dienone is 3. The molecular formula is C22H23NO2S. The van der Waals surface area contributed by atoms with Gasteiger partial charge in [0.05, 0.1) is 12.3 Å². The lowest BCUT2D eigenvalue weighted by molar-refractivity contribution is 0.100. The molecule has 0 N–H and O–H groups in total. The van der Waals surface area contributed by atoms with E-state index in [4.69, 9.17) is 17.0 Å². The van der Waals surface area contributed by atoms with Crippen LogP contribution < -0.4 is 0 Å². The Morgan fingerprint density at radius 2 is 1.50 bits per heavy atom. The van der Waals surface area contributed by atoms with Crippen LogP contribution in [0.15, 0.2) is 78.5 Å². The number of likely N-dealkylation sites (N-methyl/N-ethyl adjacent to an activating group) is 1. The molecule has 0 spiro atoms. The Labute approximate surface area is 160 Å². The SMILES string of the molecule is CCOC(=S)C(=CC=C(C(=O)c1ccccc1)N(C)C)c1ccccc1. The van der Waals surface area contributed by atoms with E-state index in [9.17, 15) is 4.79 Å². The molecule has 0 bridgehead atoms. The van der Waals surface area contributed by atoms with E-state index in [1.165, 1.54) is 0 Å². The van der Waals surface area contributed by atoms with Crippen LogP contribution in [-0.2, 0) is 4.74 Å². The summed E-state index contributed by atoms with van der Waals surface area (Å²) in [5.74, 6) is -0.0402. The van der Waals surface area contributed by atoms with Crippen molar-refractivity contribution in [3.8, 4) is 0 Å². The minimum absolute atomic E-state index is 0.0402. The summed E-state index contributed by atoms with van der Waals surface area (Å²) in [6.45, 7) is 2.39. The number of nitrogens with zero attached hydrogens (tertiary/aromatic N) is 1. The highest BCUT2D eigenvalue weighted by molar-refractivity contribution is 7.81. The molecule has 0 fully saturated rings. The average Bonchev–Trinajstić information content (AvgIpc) is 2.66. The lowest BCUT2D eigenvalue weighted by Crippen LogP contribution is -2.19. The molecule has 0 amide bonds. The molecule has 0 unspecified atom stereocenters. The Kier molecular flexibility index (Phi) is 7.30. The lowest BCUT2D eigenvalue weighted by Gasteiger charge is -2.16. The second-order valence-electron chi connectivity index (χ2n) is 5.81. The van der Waals surface area contributed by atoms with E-state index < -0.39 is 0 Å². The van der Waals surface area contributed by atoms with Gasteiger partial charge in [0, 0.05) is 25.2 Å². The van der Waals surface area contributed by atoms with Gasteiger partial charge in [0.1, 0.15) is 0 Å². The molecule has 0 aromatic heterocycles. The fraction of sp³-hybridized carbons (Fsp3) is 0.182. The number of hydrogen-bond acceptors (Lipinski definition) is 4. The summed E-state index contributed by atoms with van der Waals surface area (Å²) in [6.07, 6.45) is 3.65. The normalized spacial score (nSPS) is 11.8. The lowest BCUT2D eigenvalue weighted by atomic mass is 10.0. The number of carbonyl (C=O) groups excluding carboxylic acids is 1. The smallest absolute Gasteiger partial charge is 0.209 e. The van der Waals surface area contributed by atoms with Gasteiger partial charge in [-0.25, -0.2) is 0 Å². The molecule has 26 heavy (non-hydrogen) atoms. The quantitative estimate of drug-likeness (QED) is 0.306. The van der Waals surface area contributed by atoms with Crippen molar-refractivity contribution in [2.24, 2.45) is 0 Å². The van der Waals surface area contributed by atoms with Gasteiger partial charge in [0.15, 0.2) is 5.05 Å². The highest BCUT2D eigenvalue weighted by Crippen LogP contribution is 2.19. The number of ether oxygens (including phenoxy) is 1. The Bertz CT molecular complexity index is 809. The van der Waals surface area contributed by atoms with Crippen molar-refractivity contribution >= 4 is 28.6 Å². The van der Waals surface area contributed by atoms with E-state index in [1.807, 2.05) is 87.8 Å². The zero-order valence-electron chi connectivity index (χ0n) is 15.3. The molecule has 4 heteroatoms. The van der Waals surface area contributed by atoms with Crippen molar-refractivity contribution in [3.63, 3.8) is 0 Å². The molecule has 0 aliphatic carbocycles. The summed E-state index contributed by atoms with van der Waals surface area (Å²) in [6, 6.07) is 19.0. The molecule has 2 aromatic rings. The second kappa shape index (κ2) is 9.68. The van der Waals surface area contributed by atoms with Gasteiger partial charge in [-0.15, -0.1) is 0 Å². The van der Waals surface area contributed by atoms with Crippen molar-refractivity contribution < 1.29 is 9.53 Å². The summed E-state index contributed by atoms with van der Waals surface area (Å²) in [5.41, 5.74) is 2.95. The van der Waals surface area contributed by atoms with Crippen molar-refractivity contribution in [2.75, 3.05) is 20.7 Å². The van der Waals surface area contributed by atoms with Gasteiger partial charge in [-0.2, -0.15) is 0 Å². The van der Waals surface area contributed by atoms with Crippen LogP contribution in [0.4, 0.5) is 0 Å². The maximum atomic E-state index is 12.8. The molecule has 2 aromatic carbocycles. The second-order valence-corrected chi connectivity index (χ2v) is 6.18. The highest BCUT2D eigenvalue weighted by atomic mass is 32.1. The Hall–Kier alpha value is -2.72. The fourth-order valence-electron chi connectivity index (χ4n) is 2.44. The zero-order chi connectivity index (χ0) is 18.9. The zero-order valence-corrected chi connectivity index (χ0v) is 16.1. The minimum atomic E-state index is -0.0402. The fourth-order valence-corrected chi connectivity index (χ4v) is 2.74. The van der Waals surface area contributed by atoms with Crippen LogP contribution in [0.2, 0.25) is 0 Å². The predicted octanol–water partition coefficient (Wildman–Crippen LogP) is 4.76. The van der Waals surface area contributed by atoms with Crippen molar-refractivity contribution in [3.05, 3.63) is 89.6 Å². The van der Waals surface area contributed by atoms with Gasteiger partial charge >= 0.3 is 0 Å². The Morgan fingerprint density at radius 3 is 2.00 bits per heavy atom.